The van der Waals surface area contributed by atoms with Crippen LogP contribution in [-0.4, -0.2) is 61.0 Å². The lowest BCUT2D eigenvalue weighted by Gasteiger charge is -2.41. The highest BCUT2D eigenvalue weighted by molar-refractivity contribution is 8.45. The summed E-state index contributed by atoms with van der Waals surface area (Å²) in [6, 6.07) is 0.0318. The molecular formula is C17H13F8NO8S. The highest BCUT2D eigenvalue weighted by Crippen LogP contribution is 3.02. The average Bonchev–Trinajstić information content (AvgIpc) is 3.27. The van der Waals surface area contributed by atoms with E-state index in [-0.39, 0.29) is 24.8 Å². The largest absolute Gasteiger partial charge is 0.475 e. The fourth-order valence-corrected chi connectivity index (χ4v) is 4.44. The van der Waals surface area contributed by atoms with E-state index < -0.39 is 86.4 Å². The van der Waals surface area contributed by atoms with E-state index in [0.717, 1.165) is 0 Å². The van der Waals surface area contributed by atoms with Crippen LogP contribution in [-0.2, 0) is 23.8 Å². The smallest absolute Gasteiger partial charge is 0.430 e. The van der Waals surface area contributed by atoms with Gasteiger partial charge in [-0.1, -0.05) is 19.4 Å². The fourth-order valence-electron chi connectivity index (χ4n) is 3.77. The second-order valence-corrected chi connectivity index (χ2v) is 10.1. The van der Waals surface area contributed by atoms with Gasteiger partial charge in [-0.15, -0.1) is 10.1 Å². The van der Waals surface area contributed by atoms with Crippen molar-refractivity contribution in [2.24, 2.45) is 0 Å². The number of alkyl halides is 3. The van der Waals surface area contributed by atoms with Gasteiger partial charge in [0.15, 0.2) is 12.2 Å². The number of hydrogen-bond donors (Lipinski definition) is 0. The number of esters is 1. The van der Waals surface area contributed by atoms with Crippen molar-refractivity contribution < 1.29 is 66.3 Å². The van der Waals surface area contributed by atoms with E-state index in [1.165, 1.54) is 0 Å². The lowest BCUT2D eigenvalue weighted by molar-refractivity contribution is -0.769. The second kappa shape index (κ2) is 7.33. The summed E-state index contributed by atoms with van der Waals surface area (Å²) in [5.74, 6) is -2.52. The molecule has 0 N–H and O–H groups in total. The summed E-state index contributed by atoms with van der Waals surface area (Å²) in [6.45, 7) is -0.805. The Labute approximate surface area is 189 Å². The van der Waals surface area contributed by atoms with Crippen LogP contribution < -0.4 is 4.74 Å². The Balaban J connectivity index is 1.62. The van der Waals surface area contributed by atoms with Crippen LogP contribution in [0.2, 0.25) is 0 Å². The summed E-state index contributed by atoms with van der Waals surface area (Å²) >= 11 is 0. The number of carbonyl (C=O) groups is 1. The lowest BCUT2D eigenvalue weighted by Crippen LogP contribution is -2.42. The molecule has 3 heterocycles. The van der Waals surface area contributed by atoms with Crippen molar-refractivity contribution in [1.29, 1.82) is 0 Å². The SMILES string of the molecule is O=C(OC1COC2C(O[N+](=O)[O-])COC12)C1=Cc2cc(S(F)(F)(F)(F)F)ccc2OC1C(F)(F)F. The molecule has 4 rings (SSSR count). The first kappa shape index (κ1) is 25.2. The van der Waals surface area contributed by atoms with Crippen molar-refractivity contribution in [2.75, 3.05) is 13.2 Å². The fraction of sp³-hybridized carbons (Fsp3) is 0.471. The zero-order valence-corrected chi connectivity index (χ0v) is 17.6. The number of halogens is 8. The van der Waals surface area contributed by atoms with Gasteiger partial charge in [0.1, 0.15) is 22.9 Å². The molecule has 0 bridgehead atoms. The first-order chi connectivity index (χ1) is 15.8. The van der Waals surface area contributed by atoms with Gasteiger partial charge >= 0.3 is 22.4 Å². The second-order valence-electron chi connectivity index (χ2n) is 7.71. The maximum atomic E-state index is 13.5. The van der Waals surface area contributed by atoms with E-state index in [4.69, 9.17) is 14.2 Å². The summed E-state index contributed by atoms with van der Waals surface area (Å²) in [6.07, 6.45) is -12.7. The van der Waals surface area contributed by atoms with Crippen molar-refractivity contribution >= 4 is 22.3 Å². The molecule has 1 aromatic carbocycles. The van der Waals surface area contributed by atoms with E-state index in [9.17, 15) is 47.5 Å². The molecule has 196 valence electrons. The van der Waals surface area contributed by atoms with Crippen LogP contribution in [0.3, 0.4) is 0 Å². The zero-order valence-electron chi connectivity index (χ0n) is 16.8. The van der Waals surface area contributed by atoms with E-state index >= 15 is 0 Å². The molecule has 0 aromatic heterocycles. The Morgan fingerprint density at radius 1 is 1.06 bits per heavy atom. The van der Waals surface area contributed by atoms with Gasteiger partial charge in [-0.25, -0.2) is 4.79 Å². The molecule has 1 aromatic rings. The van der Waals surface area contributed by atoms with E-state index in [2.05, 4.69) is 9.57 Å². The molecule has 3 aliphatic heterocycles. The van der Waals surface area contributed by atoms with Crippen LogP contribution in [0.4, 0.5) is 32.6 Å². The predicted octanol–water partition coefficient (Wildman–Crippen LogP) is 4.34. The van der Waals surface area contributed by atoms with Gasteiger partial charge in [0.25, 0.3) is 5.09 Å². The standard InChI is InChI=1S/C17H13F8NO8S/c18-17(19,20)15-9(4-7-3-8(1-2-10(7)32-15)35(21,22,23,24)25)16(27)33-11-5-30-14-12(34-26(28)29)6-31-13(11)14/h1-4,11-15H,5-6H2. The van der Waals surface area contributed by atoms with Crippen LogP contribution in [0.15, 0.2) is 28.7 Å². The number of carbonyl (C=O) groups excluding carboxylic acids is 1. The minimum atomic E-state index is -10.2. The molecule has 9 nitrogen and oxygen atoms in total. The number of nitrogens with zero attached hydrogens (tertiary/aromatic N) is 1. The molecule has 3 aliphatic rings. The molecule has 0 saturated carbocycles. The Bertz CT molecular complexity index is 1110. The molecule has 18 heteroatoms. The summed E-state index contributed by atoms with van der Waals surface area (Å²) in [4.78, 5) is 25.1. The van der Waals surface area contributed by atoms with Gasteiger partial charge in [-0.2, -0.15) is 13.2 Å². The third-order valence-electron chi connectivity index (χ3n) is 5.24. The minimum absolute atomic E-state index is 0.123. The Kier molecular flexibility index (Phi) is 5.28. The summed E-state index contributed by atoms with van der Waals surface area (Å²) in [7, 11) is -10.2. The van der Waals surface area contributed by atoms with Crippen molar-refractivity contribution in [3.8, 4) is 5.75 Å². The van der Waals surface area contributed by atoms with E-state index in [0.29, 0.717) is 6.08 Å². The van der Waals surface area contributed by atoms with Crippen molar-refractivity contribution in [2.45, 2.75) is 41.6 Å². The monoisotopic (exact) mass is 543 g/mol. The number of ether oxygens (including phenoxy) is 4. The summed E-state index contributed by atoms with van der Waals surface area (Å²) in [5, 5.41) is 9.39. The molecule has 35 heavy (non-hydrogen) atoms. The Morgan fingerprint density at radius 2 is 1.66 bits per heavy atom. The first-order valence-corrected chi connectivity index (χ1v) is 11.4. The average molecular weight is 543 g/mol. The molecule has 0 radical (unpaired) electrons. The van der Waals surface area contributed by atoms with E-state index in [1.54, 1.807) is 0 Å². The molecular weight excluding hydrogens is 530 g/mol. The predicted molar refractivity (Wildman–Crippen MR) is 97.5 cm³/mol. The van der Waals surface area contributed by atoms with Gasteiger partial charge in [0.2, 0.25) is 6.10 Å². The number of fused-ring (bicyclic) bond motifs is 2. The summed E-state index contributed by atoms with van der Waals surface area (Å²) < 4.78 is 126. The molecule has 0 aliphatic carbocycles. The molecule has 2 saturated heterocycles. The molecule has 5 unspecified atom stereocenters. The third-order valence-corrected chi connectivity index (χ3v) is 6.39. The third kappa shape index (κ3) is 5.08. The lowest BCUT2D eigenvalue weighted by atomic mass is 10.0. The van der Waals surface area contributed by atoms with Crippen molar-refractivity contribution in [3.63, 3.8) is 0 Å². The maximum absolute atomic E-state index is 13.5. The molecule has 0 amide bonds. The van der Waals surface area contributed by atoms with Crippen LogP contribution >= 0.6 is 10.2 Å². The molecule has 0 spiro atoms. The normalized spacial score (nSPS) is 30.2. The molecule has 2 fully saturated rings. The van der Waals surface area contributed by atoms with Crippen molar-refractivity contribution in [3.05, 3.63) is 39.4 Å². The van der Waals surface area contributed by atoms with Gasteiger partial charge in [-0.05, 0) is 24.3 Å². The number of benzene rings is 1. The van der Waals surface area contributed by atoms with Gasteiger partial charge in [-0.3, -0.25) is 0 Å². The van der Waals surface area contributed by atoms with Crippen LogP contribution in [0, 0.1) is 10.1 Å². The van der Waals surface area contributed by atoms with Crippen LogP contribution in [0.25, 0.3) is 6.08 Å². The maximum Gasteiger partial charge on any atom is 0.430 e. The zero-order chi connectivity index (χ0) is 26.0. The quantitative estimate of drug-likeness (QED) is 0.234. The highest BCUT2D eigenvalue weighted by Gasteiger charge is 2.65. The molecule has 5 atom stereocenters. The Morgan fingerprint density at radius 3 is 2.23 bits per heavy atom. The van der Waals surface area contributed by atoms with Crippen LogP contribution in [0.5, 0.6) is 5.75 Å². The van der Waals surface area contributed by atoms with Crippen molar-refractivity contribution in [1.82, 2.24) is 0 Å². The van der Waals surface area contributed by atoms with Crippen LogP contribution in [0.1, 0.15) is 5.56 Å². The summed E-state index contributed by atoms with van der Waals surface area (Å²) in [5.41, 5.74) is -2.18. The minimum Gasteiger partial charge on any atom is -0.475 e. The van der Waals surface area contributed by atoms with Gasteiger partial charge in [0.05, 0.1) is 18.8 Å². The number of rotatable bonds is 5. The van der Waals surface area contributed by atoms with E-state index in [1.807, 2.05) is 0 Å². The van der Waals surface area contributed by atoms with Gasteiger partial charge in [0, 0.05) is 5.56 Å². The Hall–Kier alpha value is -2.86. The van der Waals surface area contributed by atoms with Gasteiger partial charge < -0.3 is 23.8 Å². The highest BCUT2D eigenvalue weighted by atomic mass is 32.5. The topological polar surface area (TPSA) is 106 Å². The number of hydrogen-bond acceptors (Lipinski definition) is 8. The first-order valence-electron chi connectivity index (χ1n) is 9.42.